The second-order valence-corrected chi connectivity index (χ2v) is 7.06. The van der Waals surface area contributed by atoms with Crippen molar-refractivity contribution in [3.05, 3.63) is 83.0 Å². The minimum absolute atomic E-state index is 0.0720. The van der Waals surface area contributed by atoms with Crippen LogP contribution in [0.3, 0.4) is 0 Å². The smallest absolute Gasteiger partial charge is 0.123 e. The summed E-state index contributed by atoms with van der Waals surface area (Å²) in [6.07, 6.45) is 4.49. The Morgan fingerprint density at radius 3 is 3.00 bits per heavy atom. The quantitative estimate of drug-likeness (QED) is 0.702. The maximum Gasteiger partial charge on any atom is 0.123 e. The van der Waals surface area contributed by atoms with Crippen molar-refractivity contribution in [3.63, 3.8) is 0 Å². The molecule has 4 rings (SSSR count). The van der Waals surface area contributed by atoms with Gasteiger partial charge in [0.1, 0.15) is 5.82 Å². The monoisotopic (exact) mass is 365 g/mol. The predicted octanol–water partition coefficient (Wildman–Crippen LogP) is 3.70. The minimum Gasteiger partial charge on any atom is -0.348 e. The Bertz CT molecular complexity index is 971. The van der Waals surface area contributed by atoms with Gasteiger partial charge in [-0.2, -0.15) is 5.10 Å². The van der Waals surface area contributed by atoms with Crippen molar-refractivity contribution in [3.8, 4) is 0 Å². The molecule has 0 radical (unpaired) electrons. The third-order valence-electron chi connectivity index (χ3n) is 5.38. The van der Waals surface area contributed by atoms with Crippen molar-refractivity contribution in [1.82, 2.24) is 24.6 Å². The second kappa shape index (κ2) is 7.12. The molecule has 1 N–H and O–H groups in total. The Labute approximate surface area is 158 Å². The molecule has 2 aromatic heterocycles. The molecule has 0 spiro atoms. The SMILES string of the molecule is C=CCn1nc(C)c(CN2CCc3[nH]cnc3[C@H]2c2cccc(F)c2)c1C. The molecule has 0 aliphatic carbocycles. The fraction of sp³-hybridized carbons (Fsp3) is 0.333. The highest BCUT2D eigenvalue weighted by molar-refractivity contribution is 5.34. The van der Waals surface area contributed by atoms with E-state index in [9.17, 15) is 4.39 Å². The molecule has 0 saturated heterocycles. The molecule has 0 amide bonds. The largest absolute Gasteiger partial charge is 0.348 e. The summed E-state index contributed by atoms with van der Waals surface area (Å²) in [4.78, 5) is 10.2. The summed E-state index contributed by atoms with van der Waals surface area (Å²) in [5.41, 5.74) is 6.45. The van der Waals surface area contributed by atoms with Crippen LogP contribution in [0.15, 0.2) is 43.2 Å². The first-order valence-electron chi connectivity index (χ1n) is 9.24. The van der Waals surface area contributed by atoms with Crippen LogP contribution in [0.2, 0.25) is 0 Å². The molecular weight excluding hydrogens is 341 g/mol. The molecule has 5 nitrogen and oxygen atoms in total. The maximum atomic E-state index is 13.9. The van der Waals surface area contributed by atoms with E-state index in [1.807, 2.05) is 23.7 Å². The van der Waals surface area contributed by atoms with Crippen molar-refractivity contribution < 1.29 is 4.39 Å². The number of nitrogens with zero attached hydrogens (tertiary/aromatic N) is 4. The molecule has 3 heterocycles. The summed E-state index contributed by atoms with van der Waals surface area (Å²) in [6.45, 7) is 10.3. The number of benzene rings is 1. The number of H-pyrrole nitrogens is 1. The van der Waals surface area contributed by atoms with Crippen LogP contribution in [-0.2, 0) is 19.5 Å². The standard InChI is InChI=1S/C21H24FN5/c1-4-9-27-15(3)18(14(2)25-27)12-26-10-8-19-20(24-13-23-19)21(26)16-6-5-7-17(22)11-16/h4-7,11,13,21H,1,8-10,12H2,2-3H3,(H,23,24)/t21-/m1/s1. The van der Waals surface area contributed by atoms with Crippen molar-refractivity contribution in [1.29, 1.82) is 0 Å². The van der Waals surface area contributed by atoms with Crippen LogP contribution in [0.25, 0.3) is 0 Å². The average molecular weight is 365 g/mol. The lowest BCUT2D eigenvalue weighted by molar-refractivity contribution is 0.199. The van der Waals surface area contributed by atoms with E-state index in [4.69, 9.17) is 0 Å². The molecular formula is C21H24FN5. The predicted molar refractivity (Wildman–Crippen MR) is 103 cm³/mol. The van der Waals surface area contributed by atoms with Crippen LogP contribution in [0.4, 0.5) is 4.39 Å². The Kier molecular flexibility index (Phi) is 4.66. The molecule has 0 bridgehead atoms. The van der Waals surface area contributed by atoms with Crippen LogP contribution in [0, 0.1) is 19.7 Å². The number of fused-ring (bicyclic) bond motifs is 1. The first kappa shape index (κ1) is 17.7. The van der Waals surface area contributed by atoms with E-state index in [0.717, 1.165) is 47.8 Å². The average Bonchev–Trinajstić information content (AvgIpc) is 3.22. The number of aromatic amines is 1. The van der Waals surface area contributed by atoms with Crippen molar-refractivity contribution in [2.45, 2.75) is 39.4 Å². The van der Waals surface area contributed by atoms with Crippen LogP contribution < -0.4 is 0 Å². The van der Waals surface area contributed by atoms with E-state index < -0.39 is 0 Å². The van der Waals surface area contributed by atoms with Crippen molar-refractivity contribution in [2.75, 3.05) is 6.54 Å². The summed E-state index contributed by atoms with van der Waals surface area (Å²) in [5, 5.41) is 4.65. The fourth-order valence-corrected chi connectivity index (χ4v) is 4.01. The first-order valence-corrected chi connectivity index (χ1v) is 9.24. The molecule has 1 aliphatic heterocycles. The van der Waals surface area contributed by atoms with Gasteiger partial charge in [0.2, 0.25) is 0 Å². The van der Waals surface area contributed by atoms with Crippen LogP contribution >= 0.6 is 0 Å². The van der Waals surface area contributed by atoms with Gasteiger partial charge < -0.3 is 4.98 Å². The lowest BCUT2D eigenvalue weighted by atomic mass is 9.95. The summed E-state index contributed by atoms with van der Waals surface area (Å²) < 4.78 is 15.9. The normalized spacial score (nSPS) is 17.1. The van der Waals surface area contributed by atoms with E-state index in [-0.39, 0.29) is 11.9 Å². The summed E-state index contributed by atoms with van der Waals surface area (Å²) in [7, 11) is 0. The van der Waals surface area contributed by atoms with Gasteiger partial charge in [0.05, 0.1) is 30.3 Å². The van der Waals surface area contributed by atoms with Gasteiger partial charge in [-0.1, -0.05) is 18.2 Å². The van der Waals surface area contributed by atoms with Gasteiger partial charge in [0.25, 0.3) is 0 Å². The Hall–Kier alpha value is -2.73. The highest BCUT2D eigenvalue weighted by Crippen LogP contribution is 2.35. The van der Waals surface area contributed by atoms with E-state index in [1.54, 1.807) is 18.5 Å². The number of aryl methyl sites for hydroxylation is 1. The zero-order chi connectivity index (χ0) is 19.0. The van der Waals surface area contributed by atoms with Gasteiger partial charge in [-0.05, 0) is 31.5 Å². The van der Waals surface area contributed by atoms with Gasteiger partial charge in [0.15, 0.2) is 0 Å². The van der Waals surface area contributed by atoms with Crippen LogP contribution in [-0.4, -0.2) is 31.2 Å². The molecule has 1 aromatic carbocycles. The third-order valence-corrected chi connectivity index (χ3v) is 5.38. The Balaban J connectivity index is 1.72. The fourth-order valence-electron chi connectivity index (χ4n) is 4.01. The lowest BCUT2D eigenvalue weighted by Crippen LogP contribution is -2.36. The zero-order valence-electron chi connectivity index (χ0n) is 15.7. The van der Waals surface area contributed by atoms with Gasteiger partial charge in [-0.15, -0.1) is 6.58 Å². The number of nitrogens with one attached hydrogen (secondary N) is 1. The molecule has 27 heavy (non-hydrogen) atoms. The van der Waals surface area contributed by atoms with Crippen molar-refractivity contribution >= 4 is 0 Å². The molecule has 3 aromatic rings. The Morgan fingerprint density at radius 1 is 1.37 bits per heavy atom. The highest BCUT2D eigenvalue weighted by Gasteiger charge is 2.32. The Morgan fingerprint density at radius 2 is 2.22 bits per heavy atom. The van der Waals surface area contributed by atoms with Crippen molar-refractivity contribution in [2.24, 2.45) is 0 Å². The number of imidazole rings is 1. The number of halogens is 1. The summed E-state index contributed by atoms with van der Waals surface area (Å²) in [5.74, 6) is -0.221. The number of aromatic nitrogens is 4. The topological polar surface area (TPSA) is 49.7 Å². The van der Waals surface area contributed by atoms with Gasteiger partial charge in [-0.3, -0.25) is 9.58 Å². The molecule has 1 aliphatic rings. The molecule has 0 unspecified atom stereocenters. The van der Waals surface area contributed by atoms with Crippen LogP contribution in [0.1, 0.15) is 39.9 Å². The molecule has 0 fully saturated rings. The number of hydrogen-bond donors (Lipinski definition) is 1. The van der Waals surface area contributed by atoms with Gasteiger partial charge >= 0.3 is 0 Å². The van der Waals surface area contributed by atoms with Gasteiger partial charge in [0, 0.05) is 36.5 Å². The molecule has 0 saturated carbocycles. The summed E-state index contributed by atoms with van der Waals surface area (Å²) >= 11 is 0. The minimum atomic E-state index is -0.221. The molecule has 140 valence electrons. The number of allylic oxidation sites excluding steroid dienone is 1. The lowest BCUT2D eigenvalue weighted by Gasteiger charge is -2.35. The highest BCUT2D eigenvalue weighted by atomic mass is 19.1. The van der Waals surface area contributed by atoms with E-state index in [2.05, 4.69) is 33.5 Å². The van der Waals surface area contributed by atoms with Crippen LogP contribution in [0.5, 0.6) is 0 Å². The number of hydrogen-bond acceptors (Lipinski definition) is 3. The summed E-state index contributed by atoms with van der Waals surface area (Å²) in [6, 6.07) is 6.77. The third kappa shape index (κ3) is 3.21. The molecule has 1 atom stereocenters. The van der Waals surface area contributed by atoms with E-state index in [1.165, 1.54) is 11.6 Å². The second-order valence-electron chi connectivity index (χ2n) is 7.06. The van der Waals surface area contributed by atoms with Gasteiger partial charge in [-0.25, -0.2) is 9.37 Å². The first-order chi connectivity index (χ1) is 13.1. The number of rotatable bonds is 5. The zero-order valence-corrected chi connectivity index (χ0v) is 15.7. The van der Waals surface area contributed by atoms with E-state index in [0.29, 0.717) is 6.54 Å². The molecule has 6 heteroatoms. The van der Waals surface area contributed by atoms with E-state index >= 15 is 0 Å². The maximum absolute atomic E-state index is 13.9.